The molecule has 0 atom stereocenters. The third kappa shape index (κ3) is 7.06. The molecule has 176 valence electrons. The van der Waals surface area contributed by atoms with Crippen molar-refractivity contribution >= 4 is 11.4 Å². The van der Waals surface area contributed by atoms with Gasteiger partial charge < -0.3 is 5.73 Å². The third-order valence-corrected chi connectivity index (χ3v) is 5.44. The first-order valence-electron chi connectivity index (χ1n) is 11.3. The van der Waals surface area contributed by atoms with Gasteiger partial charge in [0.1, 0.15) is 0 Å². The van der Waals surface area contributed by atoms with Crippen molar-refractivity contribution in [1.82, 2.24) is 0 Å². The monoisotopic (exact) mass is 470 g/mol. The van der Waals surface area contributed by atoms with Crippen LogP contribution in [0.3, 0.4) is 0 Å². The smallest absolute Gasteiger partial charge is 0.187 e. The maximum Gasteiger partial charge on any atom is 0.187 e. The molecule has 0 saturated carbocycles. The van der Waals surface area contributed by atoms with Gasteiger partial charge in [-0.1, -0.05) is 83.0 Å². The first-order chi connectivity index (χ1) is 17.4. The molecule has 0 heterocycles. The summed E-state index contributed by atoms with van der Waals surface area (Å²) in [7, 11) is 0. The number of benzene rings is 4. The van der Waals surface area contributed by atoms with Gasteiger partial charge in [-0.3, -0.25) is 0 Å². The Morgan fingerprint density at radius 3 is 1.67 bits per heavy atom. The summed E-state index contributed by atoms with van der Waals surface area (Å²) in [4.78, 5) is 9.66. The van der Waals surface area contributed by atoms with E-state index in [0.717, 1.165) is 38.9 Å². The lowest BCUT2D eigenvalue weighted by molar-refractivity contribution is 1.04. The number of hydrogen-bond acceptors (Lipinski definition) is 2. The van der Waals surface area contributed by atoms with E-state index in [1.807, 2.05) is 61.5 Å². The molecule has 4 aromatic rings. The van der Waals surface area contributed by atoms with Crippen LogP contribution in [-0.4, -0.2) is 0 Å². The van der Waals surface area contributed by atoms with Crippen molar-refractivity contribution in [2.24, 2.45) is 10.8 Å². The van der Waals surface area contributed by atoms with Crippen molar-refractivity contribution in [3.63, 3.8) is 0 Å². The number of nitrogens with zero attached hydrogens (tertiary/aromatic N) is 5. The summed E-state index contributed by atoms with van der Waals surface area (Å²) in [5.41, 5.74) is 23.9. The Bertz CT molecular complexity index is 1500. The van der Waals surface area contributed by atoms with Gasteiger partial charge in [0.25, 0.3) is 0 Å². The molecular weight excluding hydrogens is 444 g/mol. The number of azide groups is 1. The SMILES string of the molecule is [C-]#[N+]c1cccc(-c2cc(C)cc(CN)c2)c1.[C-]#[N+]c1cccc(-c2cc(C)cc(CN=[N+]=[N-])c2)c1. The van der Waals surface area contributed by atoms with Gasteiger partial charge in [-0.2, -0.15) is 0 Å². The Hall–Kier alpha value is -4.87. The lowest BCUT2D eigenvalue weighted by Gasteiger charge is -2.07. The van der Waals surface area contributed by atoms with E-state index in [1.165, 1.54) is 5.56 Å². The molecular formula is C30H26N6. The highest BCUT2D eigenvalue weighted by Crippen LogP contribution is 2.27. The molecule has 0 fully saturated rings. The molecule has 6 heteroatoms. The van der Waals surface area contributed by atoms with Gasteiger partial charge in [-0.05, 0) is 71.0 Å². The van der Waals surface area contributed by atoms with Crippen LogP contribution in [0.25, 0.3) is 42.4 Å². The van der Waals surface area contributed by atoms with Crippen molar-refractivity contribution < 1.29 is 0 Å². The maximum absolute atomic E-state index is 8.38. The summed E-state index contributed by atoms with van der Waals surface area (Å²) in [6.45, 7) is 19.0. The third-order valence-electron chi connectivity index (χ3n) is 5.44. The van der Waals surface area contributed by atoms with Crippen LogP contribution < -0.4 is 5.73 Å². The molecule has 0 saturated heterocycles. The van der Waals surface area contributed by atoms with Crippen LogP contribution in [0.1, 0.15) is 22.3 Å². The second-order valence-electron chi connectivity index (χ2n) is 8.33. The Balaban J connectivity index is 0.000000202. The number of nitrogens with two attached hydrogens (primary N) is 1. The van der Waals surface area contributed by atoms with E-state index in [-0.39, 0.29) is 0 Å². The molecule has 0 aliphatic rings. The molecule has 36 heavy (non-hydrogen) atoms. The Labute approximate surface area is 211 Å². The molecule has 0 aliphatic carbocycles. The van der Waals surface area contributed by atoms with Crippen LogP contribution in [0, 0.1) is 27.0 Å². The van der Waals surface area contributed by atoms with Crippen LogP contribution in [0.2, 0.25) is 0 Å². The van der Waals surface area contributed by atoms with Crippen LogP contribution in [0.4, 0.5) is 11.4 Å². The van der Waals surface area contributed by atoms with E-state index in [2.05, 4.69) is 50.9 Å². The first kappa shape index (κ1) is 25.7. The Morgan fingerprint density at radius 2 is 1.19 bits per heavy atom. The second kappa shape index (κ2) is 12.6. The molecule has 0 aliphatic heterocycles. The fraction of sp³-hybridized carbons (Fsp3) is 0.133. The van der Waals surface area contributed by atoms with Gasteiger partial charge in [-0.25, -0.2) is 9.69 Å². The highest BCUT2D eigenvalue weighted by molar-refractivity contribution is 5.70. The summed E-state index contributed by atoms with van der Waals surface area (Å²) >= 11 is 0. The summed E-state index contributed by atoms with van der Waals surface area (Å²) in [5, 5.41) is 3.58. The minimum Gasteiger partial charge on any atom is -0.326 e. The van der Waals surface area contributed by atoms with Gasteiger partial charge >= 0.3 is 0 Å². The zero-order valence-corrected chi connectivity index (χ0v) is 20.3. The molecule has 0 bridgehead atoms. The van der Waals surface area contributed by atoms with Crippen molar-refractivity contribution in [1.29, 1.82) is 0 Å². The highest BCUT2D eigenvalue weighted by atomic mass is 15.1. The summed E-state index contributed by atoms with van der Waals surface area (Å²) in [5.74, 6) is 0. The molecule has 0 spiro atoms. The molecule has 0 unspecified atom stereocenters. The Kier molecular flexibility index (Phi) is 8.98. The normalized spacial score (nSPS) is 9.69. The van der Waals surface area contributed by atoms with Gasteiger partial charge in [0.2, 0.25) is 0 Å². The zero-order valence-electron chi connectivity index (χ0n) is 20.3. The average Bonchev–Trinajstić information content (AvgIpc) is 2.91. The summed E-state index contributed by atoms with van der Waals surface area (Å²) < 4.78 is 0. The number of rotatable bonds is 5. The fourth-order valence-electron chi connectivity index (χ4n) is 3.89. The van der Waals surface area contributed by atoms with Crippen LogP contribution in [0.15, 0.2) is 90.0 Å². The van der Waals surface area contributed by atoms with Gasteiger partial charge in [0.05, 0.1) is 19.7 Å². The minimum atomic E-state index is 0.341. The average molecular weight is 471 g/mol. The summed E-state index contributed by atoms with van der Waals surface area (Å²) in [6.07, 6.45) is 0. The number of hydrogen-bond donors (Lipinski definition) is 1. The molecule has 0 radical (unpaired) electrons. The van der Waals surface area contributed by atoms with Crippen LogP contribution >= 0.6 is 0 Å². The quantitative estimate of drug-likeness (QED) is 0.134. The predicted octanol–water partition coefficient (Wildman–Crippen LogP) is 8.69. The Morgan fingerprint density at radius 1 is 0.694 bits per heavy atom. The fourth-order valence-corrected chi connectivity index (χ4v) is 3.89. The standard InChI is InChI=1S/C15H12N4.C15H14N2/c1-11-6-12(10-18-19-16)8-14(7-11)13-4-3-5-15(9-13)17-2;1-11-6-12(10-16)8-14(7-11)13-4-3-5-15(9-13)17-2/h3-9H,10H2,1H3;3-9H,10,16H2,1H3. The first-order valence-corrected chi connectivity index (χ1v) is 11.3. The highest BCUT2D eigenvalue weighted by Gasteiger charge is 2.03. The van der Waals surface area contributed by atoms with Crippen LogP contribution in [0.5, 0.6) is 0 Å². The lowest BCUT2D eigenvalue weighted by atomic mass is 10.00. The molecule has 4 aromatic carbocycles. The molecule has 4 rings (SSSR count). The van der Waals surface area contributed by atoms with Crippen molar-refractivity contribution in [3.05, 3.63) is 140 Å². The van der Waals surface area contributed by atoms with Gasteiger partial charge in [0, 0.05) is 11.5 Å². The van der Waals surface area contributed by atoms with E-state index >= 15 is 0 Å². The van der Waals surface area contributed by atoms with E-state index in [0.29, 0.717) is 24.5 Å². The molecule has 0 amide bonds. The minimum absolute atomic E-state index is 0.341. The predicted molar refractivity (Wildman–Crippen MR) is 146 cm³/mol. The summed E-state index contributed by atoms with van der Waals surface area (Å²) in [6, 6.07) is 27.5. The van der Waals surface area contributed by atoms with Crippen molar-refractivity contribution in [2.45, 2.75) is 26.9 Å². The molecule has 0 aromatic heterocycles. The largest absolute Gasteiger partial charge is 0.326 e. The van der Waals surface area contributed by atoms with Gasteiger partial charge in [-0.15, -0.1) is 0 Å². The van der Waals surface area contributed by atoms with E-state index in [1.54, 1.807) is 6.07 Å². The van der Waals surface area contributed by atoms with E-state index in [4.69, 9.17) is 24.4 Å². The van der Waals surface area contributed by atoms with Crippen molar-refractivity contribution in [3.8, 4) is 22.3 Å². The van der Waals surface area contributed by atoms with E-state index in [9.17, 15) is 0 Å². The molecule has 2 N–H and O–H groups in total. The maximum atomic E-state index is 8.38. The van der Waals surface area contributed by atoms with E-state index < -0.39 is 0 Å². The van der Waals surface area contributed by atoms with Crippen molar-refractivity contribution in [2.75, 3.05) is 0 Å². The van der Waals surface area contributed by atoms with Gasteiger partial charge in [0.15, 0.2) is 11.4 Å². The second-order valence-corrected chi connectivity index (χ2v) is 8.33. The number of aryl methyl sites for hydroxylation is 2. The topological polar surface area (TPSA) is 83.5 Å². The lowest BCUT2D eigenvalue weighted by Crippen LogP contribution is -1.97. The molecule has 6 nitrogen and oxygen atoms in total. The zero-order chi connectivity index (χ0) is 25.9. The van der Waals surface area contributed by atoms with Crippen LogP contribution in [-0.2, 0) is 13.1 Å².